The number of rotatable bonds is 5. The molecule has 1 N–H and O–H groups in total. The molecule has 0 bridgehead atoms. The van der Waals surface area contributed by atoms with Crippen molar-refractivity contribution in [1.29, 1.82) is 0 Å². The molecule has 1 aromatic carbocycles. The lowest BCUT2D eigenvalue weighted by Crippen LogP contribution is -2.48. The fourth-order valence-electron chi connectivity index (χ4n) is 3.40. The first-order chi connectivity index (χ1) is 15.3. The van der Waals surface area contributed by atoms with E-state index in [1.165, 1.54) is 22.8 Å². The number of carbonyl (C=O) groups is 1. The van der Waals surface area contributed by atoms with E-state index >= 15 is 0 Å². The third kappa shape index (κ3) is 5.02. The standard InChI is InChI=1S/C20H18F4N6OS/c21-17-14(4-2-5-15(17)20(22,23)24)18(31)30-9-7-29(8-10-30)11-13-3-1-6-16(27-13)28-19-25-12-26-32-19/h1-6,12H,7-11H2,(H,25,26,27,28). The molecule has 3 aromatic rings. The normalized spacial score (nSPS) is 15.1. The SMILES string of the molecule is O=C(c1cccc(C(F)(F)F)c1F)N1CCN(Cc2cccc(Nc3ncns3)n2)CC1. The molecule has 32 heavy (non-hydrogen) atoms. The molecule has 1 amide bonds. The van der Waals surface area contributed by atoms with Gasteiger partial charge in [0.25, 0.3) is 5.91 Å². The van der Waals surface area contributed by atoms with E-state index in [1.54, 1.807) is 0 Å². The highest BCUT2D eigenvalue weighted by Crippen LogP contribution is 2.32. The second-order valence-corrected chi connectivity index (χ2v) is 7.90. The Bertz CT molecular complexity index is 1080. The number of alkyl halides is 3. The molecule has 1 aliphatic rings. The van der Waals surface area contributed by atoms with Gasteiger partial charge in [0.2, 0.25) is 5.13 Å². The van der Waals surface area contributed by atoms with Gasteiger partial charge in [-0.25, -0.2) is 14.4 Å². The minimum absolute atomic E-state index is 0.275. The number of benzene rings is 1. The van der Waals surface area contributed by atoms with Crippen LogP contribution in [0, 0.1) is 5.82 Å². The van der Waals surface area contributed by atoms with Crippen molar-refractivity contribution in [2.75, 3.05) is 31.5 Å². The van der Waals surface area contributed by atoms with Crippen LogP contribution in [0.5, 0.6) is 0 Å². The van der Waals surface area contributed by atoms with Crippen LogP contribution in [-0.2, 0) is 12.7 Å². The van der Waals surface area contributed by atoms with Gasteiger partial charge in [-0.2, -0.15) is 17.5 Å². The first-order valence-electron chi connectivity index (χ1n) is 9.68. The maximum Gasteiger partial charge on any atom is 0.419 e. The molecule has 1 fully saturated rings. The van der Waals surface area contributed by atoms with Crippen LogP contribution in [0.1, 0.15) is 21.6 Å². The highest BCUT2D eigenvalue weighted by Gasteiger charge is 2.36. The van der Waals surface area contributed by atoms with Gasteiger partial charge >= 0.3 is 6.18 Å². The number of hydrogen-bond acceptors (Lipinski definition) is 7. The van der Waals surface area contributed by atoms with Crippen molar-refractivity contribution in [3.05, 3.63) is 65.4 Å². The van der Waals surface area contributed by atoms with Crippen LogP contribution in [0.15, 0.2) is 42.7 Å². The topological polar surface area (TPSA) is 74.2 Å². The Hall–Kier alpha value is -3.12. The van der Waals surface area contributed by atoms with E-state index in [2.05, 4.69) is 24.6 Å². The number of nitrogens with one attached hydrogen (secondary N) is 1. The van der Waals surface area contributed by atoms with Gasteiger partial charge in [0.1, 0.15) is 18.0 Å². The molecule has 1 aliphatic heterocycles. The van der Waals surface area contributed by atoms with Crippen molar-refractivity contribution in [2.24, 2.45) is 0 Å². The number of halogens is 4. The zero-order chi connectivity index (χ0) is 22.7. The number of nitrogens with zero attached hydrogens (tertiary/aromatic N) is 5. The van der Waals surface area contributed by atoms with Crippen LogP contribution < -0.4 is 5.32 Å². The molecule has 0 aliphatic carbocycles. The van der Waals surface area contributed by atoms with Crippen molar-refractivity contribution in [3.63, 3.8) is 0 Å². The fourth-order valence-corrected chi connectivity index (χ4v) is 3.84. The van der Waals surface area contributed by atoms with Crippen LogP contribution >= 0.6 is 11.5 Å². The summed E-state index contributed by atoms with van der Waals surface area (Å²) in [5, 5.41) is 3.70. The van der Waals surface area contributed by atoms with Crippen LogP contribution in [-0.4, -0.2) is 56.2 Å². The van der Waals surface area contributed by atoms with Crippen LogP contribution in [0.25, 0.3) is 0 Å². The quantitative estimate of drug-likeness (QED) is 0.577. The average molecular weight is 466 g/mol. The monoisotopic (exact) mass is 466 g/mol. The molecule has 1 saturated heterocycles. The van der Waals surface area contributed by atoms with Crippen molar-refractivity contribution in [3.8, 4) is 0 Å². The molecule has 3 heterocycles. The number of anilines is 2. The first-order valence-corrected chi connectivity index (χ1v) is 10.5. The Morgan fingerprint density at radius 2 is 1.84 bits per heavy atom. The predicted molar refractivity (Wildman–Crippen MR) is 110 cm³/mol. The van der Waals surface area contributed by atoms with Gasteiger partial charge in [-0.15, -0.1) is 0 Å². The number of carbonyl (C=O) groups excluding carboxylic acids is 1. The number of aromatic nitrogens is 3. The van der Waals surface area contributed by atoms with Gasteiger partial charge in [0.05, 0.1) is 16.8 Å². The molecular weight excluding hydrogens is 448 g/mol. The Morgan fingerprint density at radius 3 is 2.53 bits per heavy atom. The molecule has 4 rings (SSSR count). The summed E-state index contributed by atoms with van der Waals surface area (Å²) < 4.78 is 57.0. The van der Waals surface area contributed by atoms with Crippen LogP contribution in [0.4, 0.5) is 28.5 Å². The van der Waals surface area contributed by atoms with E-state index in [4.69, 9.17) is 0 Å². The molecule has 2 aromatic heterocycles. The smallest absolute Gasteiger partial charge is 0.336 e. The van der Waals surface area contributed by atoms with Crippen molar-refractivity contribution >= 4 is 28.4 Å². The van der Waals surface area contributed by atoms with E-state index in [9.17, 15) is 22.4 Å². The molecule has 12 heteroatoms. The van der Waals surface area contributed by atoms with E-state index in [-0.39, 0.29) is 13.1 Å². The number of pyridine rings is 1. The second-order valence-electron chi connectivity index (χ2n) is 7.12. The van der Waals surface area contributed by atoms with Gasteiger partial charge in [-0.3, -0.25) is 9.69 Å². The van der Waals surface area contributed by atoms with Gasteiger partial charge in [-0.1, -0.05) is 12.1 Å². The number of hydrogen-bond donors (Lipinski definition) is 1. The summed E-state index contributed by atoms with van der Waals surface area (Å²) in [6.45, 7) is 2.06. The zero-order valence-corrected chi connectivity index (χ0v) is 17.5. The van der Waals surface area contributed by atoms with Crippen molar-refractivity contribution in [1.82, 2.24) is 24.1 Å². The summed E-state index contributed by atoms with van der Waals surface area (Å²) in [5.41, 5.74) is -1.19. The third-order valence-corrected chi connectivity index (χ3v) is 5.56. The molecule has 0 unspecified atom stereocenters. The van der Waals surface area contributed by atoms with Crippen molar-refractivity contribution in [2.45, 2.75) is 12.7 Å². The Morgan fingerprint density at radius 1 is 1.09 bits per heavy atom. The molecule has 0 saturated carbocycles. The maximum atomic E-state index is 14.3. The van der Waals surface area contributed by atoms with E-state index in [0.29, 0.717) is 36.7 Å². The zero-order valence-electron chi connectivity index (χ0n) is 16.6. The summed E-state index contributed by atoms with van der Waals surface area (Å²) in [6, 6.07) is 8.31. The minimum atomic E-state index is -4.86. The summed E-state index contributed by atoms with van der Waals surface area (Å²) in [7, 11) is 0. The average Bonchev–Trinajstić information content (AvgIpc) is 3.26. The predicted octanol–water partition coefficient (Wildman–Crippen LogP) is 3.79. The van der Waals surface area contributed by atoms with Crippen LogP contribution in [0.2, 0.25) is 0 Å². The molecule has 0 radical (unpaired) electrons. The van der Waals surface area contributed by atoms with Crippen LogP contribution in [0.3, 0.4) is 0 Å². The lowest BCUT2D eigenvalue weighted by atomic mass is 10.1. The molecule has 0 spiro atoms. The highest BCUT2D eigenvalue weighted by atomic mass is 32.1. The van der Waals surface area contributed by atoms with E-state index in [1.807, 2.05) is 18.2 Å². The van der Waals surface area contributed by atoms with Gasteiger partial charge in [0, 0.05) is 44.3 Å². The minimum Gasteiger partial charge on any atom is -0.336 e. The van der Waals surface area contributed by atoms with E-state index in [0.717, 1.165) is 17.8 Å². The maximum absolute atomic E-state index is 14.3. The van der Waals surface area contributed by atoms with Gasteiger partial charge < -0.3 is 10.2 Å². The largest absolute Gasteiger partial charge is 0.419 e. The fraction of sp³-hybridized carbons (Fsp3) is 0.300. The highest BCUT2D eigenvalue weighted by molar-refractivity contribution is 7.09. The first kappa shape index (κ1) is 22.1. The van der Waals surface area contributed by atoms with Gasteiger partial charge in [-0.05, 0) is 24.3 Å². The number of amides is 1. The second kappa shape index (κ2) is 9.17. The Balaban J connectivity index is 1.36. The number of piperazine rings is 1. The molecule has 7 nitrogen and oxygen atoms in total. The van der Waals surface area contributed by atoms with Gasteiger partial charge in [0.15, 0.2) is 0 Å². The summed E-state index contributed by atoms with van der Waals surface area (Å²) in [6.07, 6.45) is -3.41. The van der Waals surface area contributed by atoms with Crippen molar-refractivity contribution < 1.29 is 22.4 Å². The third-order valence-electron chi connectivity index (χ3n) is 4.98. The summed E-state index contributed by atoms with van der Waals surface area (Å²) in [4.78, 5) is 24.7. The van der Waals surface area contributed by atoms with E-state index < -0.39 is 29.0 Å². The Kier molecular flexibility index (Phi) is 6.33. The summed E-state index contributed by atoms with van der Waals surface area (Å²) in [5.74, 6) is -1.64. The summed E-state index contributed by atoms with van der Waals surface area (Å²) >= 11 is 1.21. The molecule has 0 atom stereocenters. The lowest BCUT2D eigenvalue weighted by Gasteiger charge is -2.34. The Labute approximate surface area is 184 Å². The molecular formula is C20H18F4N6OS. The lowest BCUT2D eigenvalue weighted by molar-refractivity contribution is -0.140. The molecule has 168 valence electrons.